The summed E-state index contributed by atoms with van der Waals surface area (Å²) in [4.78, 5) is 11.4. The highest BCUT2D eigenvalue weighted by molar-refractivity contribution is 5.81. The monoisotopic (exact) mass is 185 g/mol. The average Bonchev–Trinajstić information content (AvgIpc) is 2.85. The van der Waals surface area contributed by atoms with Crippen molar-refractivity contribution in [1.82, 2.24) is 5.32 Å². The van der Waals surface area contributed by atoms with E-state index in [1.807, 2.05) is 0 Å². The number of aliphatic hydroxyl groups is 1. The van der Waals surface area contributed by atoms with Gasteiger partial charge in [0.05, 0.1) is 0 Å². The van der Waals surface area contributed by atoms with Crippen LogP contribution in [0.1, 0.15) is 33.1 Å². The zero-order valence-corrected chi connectivity index (χ0v) is 8.42. The minimum Gasteiger partial charge on any atom is -0.396 e. The first-order chi connectivity index (χ1) is 6.15. The molecule has 76 valence electrons. The van der Waals surface area contributed by atoms with Crippen LogP contribution in [0.5, 0.6) is 0 Å². The van der Waals surface area contributed by atoms with Crippen LogP contribution in [0.3, 0.4) is 0 Å². The number of carbonyl (C=O) groups excluding carboxylic acids is 1. The second-order valence-electron chi connectivity index (χ2n) is 4.15. The number of carbonyl (C=O) groups is 1. The Morgan fingerprint density at radius 1 is 1.54 bits per heavy atom. The summed E-state index contributed by atoms with van der Waals surface area (Å²) in [5, 5.41) is 11.8. The maximum atomic E-state index is 11.4. The molecule has 2 N–H and O–H groups in total. The summed E-state index contributed by atoms with van der Waals surface area (Å²) in [7, 11) is 0. The van der Waals surface area contributed by atoms with E-state index >= 15 is 0 Å². The second-order valence-corrected chi connectivity index (χ2v) is 4.15. The Hall–Kier alpha value is -0.570. The van der Waals surface area contributed by atoms with Crippen LogP contribution in [0.15, 0.2) is 0 Å². The lowest BCUT2D eigenvalue weighted by molar-refractivity contribution is -0.123. The molecular formula is C10H19NO2. The Bertz CT molecular complexity index is 176. The number of hydrogen-bond acceptors (Lipinski definition) is 2. The van der Waals surface area contributed by atoms with Crippen molar-refractivity contribution in [3.63, 3.8) is 0 Å². The molecule has 3 heteroatoms. The van der Waals surface area contributed by atoms with Crippen LogP contribution in [-0.2, 0) is 4.79 Å². The van der Waals surface area contributed by atoms with Gasteiger partial charge >= 0.3 is 0 Å². The summed E-state index contributed by atoms with van der Waals surface area (Å²) in [6.07, 6.45) is 2.74. The predicted molar refractivity (Wildman–Crippen MR) is 51.2 cm³/mol. The second kappa shape index (κ2) is 4.61. The average molecular weight is 185 g/mol. The van der Waals surface area contributed by atoms with Crippen LogP contribution in [0.2, 0.25) is 0 Å². The number of rotatable bonds is 5. The maximum absolute atomic E-state index is 11.4. The van der Waals surface area contributed by atoms with E-state index in [1.54, 1.807) is 0 Å². The molecule has 0 aromatic carbocycles. The molecule has 0 bridgehead atoms. The van der Waals surface area contributed by atoms with Gasteiger partial charge in [-0.2, -0.15) is 0 Å². The fourth-order valence-electron chi connectivity index (χ4n) is 1.36. The van der Waals surface area contributed by atoms with Crippen LogP contribution in [0.4, 0.5) is 0 Å². The summed E-state index contributed by atoms with van der Waals surface area (Å²) in [6.45, 7) is 4.27. The molecule has 0 radical (unpaired) electrons. The van der Waals surface area contributed by atoms with Crippen molar-refractivity contribution in [2.75, 3.05) is 6.61 Å². The summed E-state index contributed by atoms with van der Waals surface area (Å²) in [5.74, 6) is 0.835. The highest BCUT2D eigenvalue weighted by atomic mass is 16.3. The van der Waals surface area contributed by atoms with Gasteiger partial charge in [-0.1, -0.05) is 13.8 Å². The van der Waals surface area contributed by atoms with E-state index in [-0.39, 0.29) is 24.5 Å². The topological polar surface area (TPSA) is 49.3 Å². The zero-order chi connectivity index (χ0) is 9.84. The minimum atomic E-state index is 0.137. The van der Waals surface area contributed by atoms with Crippen LogP contribution in [0, 0.1) is 11.8 Å². The summed E-state index contributed by atoms with van der Waals surface area (Å²) in [6, 6.07) is 0.137. The molecule has 0 spiro atoms. The summed E-state index contributed by atoms with van der Waals surface area (Å²) in [5.41, 5.74) is 0. The standard InChI is InChI=1S/C10H19NO2/c1-7(2)9(5-6-12)11-10(13)8-3-4-8/h7-9,12H,3-6H2,1-2H3,(H,11,13). The van der Waals surface area contributed by atoms with Gasteiger partial charge in [-0.15, -0.1) is 0 Å². The third kappa shape index (κ3) is 3.35. The SMILES string of the molecule is CC(C)C(CCO)NC(=O)C1CC1. The molecule has 1 amide bonds. The Balaban J connectivity index is 2.31. The van der Waals surface area contributed by atoms with E-state index in [2.05, 4.69) is 19.2 Å². The molecule has 0 heterocycles. The van der Waals surface area contributed by atoms with E-state index < -0.39 is 0 Å². The fourth-order valence-corrected chi connectivity index (χ4v) is 1.36. The van der Waals surface area contributed by atoms with Crippen molar-refractivity contribution in [3.05, 3.63) is 0 Å². The van der Waals surface area contributed by atoms with Gasteiger partial charge in [0.1, 0.15) is 0 Å². The third-order valence-electron chi connectivity index (χ3n) is 2.52. The summed E-state index contributed by atoms with van der Waals surface area (Å²) < 4.78 is 0. The van der Waals surface area contributed by atoms with E-state index in [0.717, 1.165) is 12.8 Å². The Morgan fingerprint density at radius 3 is 2.54 bits per heavy atom. The lowest BCUT2D eigenvalue weighted by Gasteiger charge is -2.21. The van der Waals surface area contributed by atoms with Gasteiger partial charge in [-0.3, -0.25) is 4.79 Å². The van der Waals surface area contributed by atoms with Gasteiger partial charge in [0.15, 0.2) is 0 Å². The van der Waals surface area contributed by atoms with Gasteiger partial charge in [0.2, 0.25) is 5.91 Å². The molecule has 1 unspecified atom stereocenters. The Morgan fingerprint density at radius 2 is 2.15 bits per heavy atom. The van der Waals surface area contributed by atoms with Gasteiger partial charge in [0, 0.05) is 18.6 Å². The van der Waals surface area contributed by atoms with Crippen molar-refractivity contribution in [1.29, 1.82) is 0 Å². The molecule has 0 aliphatic heterocycles. The van der Waals surface area contributed by atoms with Crippen molar-refractivity contribution in [2.45, 2.75) is 39.2 Å². The first kappa shape index (κ1) is 10.5. The molecule has 13 heavy (non-hydrogen) atoms. The van der Waals surface area contributed by atoms with Gasteiger partial charge in [-0.25, -0.2) is 0 Å². The van der Waals surface area contributed by atoms with Gasteiger partial charge in [-0.05, 0) is 25.2 Å². The Kier molecular flexibility index (Phi) is 3.72. The van der Waals surface area contributed by atoms with Crippen molar-refractivity contribution in [2.24, 2.45) is 11.8 Å². The lowest BCUT2D eigenvalue weighted by atomic mass is 10.0. The van der Waals surface area contributed by atoms with Crippen molar-refractivity contribution < 1.29 is 9.90 Å². The number of nitrogens with one attached hydrogen (secondary N) is 1. The molecule has 1 rings (SSSR count). The Labute approximate surface area is 79.5 Å². The van der Waals surface area contributed by atoms with Crippen LogP contribution < -0.4 is 5.32 Å². The minimum absolute atomic E-state index is 0.137. The van der Waals surface area contributed by atoms with Crippen LogP contribution in [0.25, 0.3) is 0 Å². The first-order valence-electron chi connectivity index (χ1n) is 5.06. The van der Waals surface area contributed by atoms with Crippen LogP contribution in [-0.4, -0.2) is 23.7 Å². The van der Waals surface area contributed by atoms with E-state index in [1.165, 1.54) is 0 Å². The van der Waals surface area contributed by atoms with Crippen molar-refractivity contribution >= 4 is 5.91 Å². The molecule has 3 nitrogen and oxygen atoms in total. The molecule has 1 atom stereocenters. The van der Waals surface area contributed by atoms with E-state index in [4.69, 9.17) is 5.11 Å². The quantitative estimate of drug-likeness (QED) is 0.669. The molecule has 0 saturated heterocycles. The number of amides is 1. The summed E-state index contributed by atoms with van der Waals surface area (Å²) >= 11 is 0. The highest BCUT2D eigenvalue weighted by Gasteiger charge is 2.31. The largest absolute Gasteiger partial charge is 0.396 e. The third-order valence-corrected chi connectivity index (χ3v) is 2.52. The number of aliphatic hydroxyl groups excluding tert-OH is 1. The molecular weight excluding hydrogens is 166 g/mol. The van der Waals surface area contributed by atoms with E-state index in [0.29, 0.717) is 12.3 Å². The number of hydrogen-bond donors (Lipinski definition) is 2. The van der Waals surface area contributed by atoms with Crippen molar-refractivity contribution in [3.8, 4) is 0 Å². The lowest BCUT2D eigenvalue weighted by Crippen LogP contribution is -2.39. The molecule has 0 aromatic heterocycles. The van der Waals surface area contributed by atoms with E-state index in [9.17, 15) is 4.79 Å². The maximum Gasteiger partial charge on any atom is 0.223 e. The molecule has 1 aliphatic rings. The van der Waals surface area contributed by atoms with Crippen LogP contribution >= 0.6 is 0 Å². The van der Waals surface area contributed by atoms with Gasteiger partial charge in [0.25, 0.3) is 0 Å². The fraction of sp³-hybridized carbons (Fsp3) is 0.900. The predicted octanol–water partition coefficient (Wildman–Crippen LogP) is 0.920. The highest BCUT2D eigenvalue weighted by Crippen LogP contribution is 2.29. The molecule has 1 fully saturated rings. The normalized spacial score (nSPS) is 18.8. The zero-order valence-electron chi connectivity index (χ0n) is 8.42. The molecule has 1 aliphatic carbocycles. The first-order valence-corrected chi connectivity index (χ1v) is 5.06. The molecule has 1 saturated carbocycles. The van der Waals surface area contributed by atoms with Gasteiger partial charge < -0.3 is 10.4 Å². The molecule has 0 aromatic rings. The smallest absolute Gasteiger partial charge is 0.223 e.